The number of aromatic amines is 1. The van der Waals surface area contributed by atoms with Gasteiger partial charge in [-0.25, -0.2) is 0 Å². The molecule has 0 saturated carbocycles. The Labute approximate surface area is 136 Å². The van der Waals surface area contributed by atoms with Crippen LogP contribution in [0.3, 0.4) is 0 Å². The van der Waals surface area contributed by atoms with Gasteiger partial charge in [-0.1, -0.05) is 6.07 Å². The minimum absolute atomic E-state index is 0.101. The molecular formula is C17H23N5O. The summed E-state index contributed by atoms with van der Waals surface area (Å²) in [5.41, 5.74) is 2.46. The Bertz CT molecular complexity index is 639. The zero-order valence-electron chi connectivity index (χ0n) is 13.5. The third kappa shape index (κ3) is 4.39. The van der Waals surface area contributed by atoms with E-state index in [0.29, 0.717) is 18.2 Å². The normalized spacial score (nSPS) is 18.7. The molecule has 1 atom stereocenters. The van der Waals surface area contributed by atoms with Gasteiger partial charge in [0.05, 0.1) is 5.69 Å². The molecule has 1 aliphatic rings. The molecule has 3 rings (SSSR count). The van der Waals surface area contributed by atoms with Crippen LogP contribution in [0.4, 0.5) is 0 Å². The summed E-state index contributed by atoms with van der Waals surface area (Å²) in [5, 5.41) is 9.79. The summed E-state index contributed by atoms with van der Waals surface area (Å²) >= 11 is 0. The van der Waals surface area contributed by atoms with Crippen LogP contribution in [0, 0.1) is 12.8 Å². The van der Waals surface area contributed by atoms with Crippen LogP contribution in [-0.4, -0.2) is 45.6 Å². The highest BCUT2D eigenvalue weighted by molar-refractivity contribution is 5.92. The average molecular weight is 313 g/mol. The molecule has 1 saturated heterocycles. The predicted molar refractivity (Wildman–Crippen MR) is 87.9 cm³/mol. The second kappa shape index (κ2) is 7.37. The number of carbonyl (C=O) groups is 1. The minimum atomic E-state index is -0.101. The SMILES string of the molecule is Cc1cc(C(=O)NC[C@H]2CCCN(Cc3ccccn3)C2)n[nH]1. The molecule has 1 fully saturated rings. The lowest BCUT2D eigenvalue weighted by Crippen LogP contribution is -2.40. The maximum absolute atomic E-state index is 12.1. The fraction of sp³-hybridized carbons (Fsp3) is 0.471. The second-order valence-corrected chi connectivity index (χ2v) is 6.21. The summed E-state index contributed by atoms with van der Waals surface area (Å²) < 4.78 is 0. The molecule has 23 heavy (non-hydrogen) atoms. The highest BCUT2D eigenvalue weighted by atomic mass is 16.1. The Balaban J connectivity index is 1.48. The smallest absolute Gasteiger partial charge is 0.271 e. The second-order valence-electron chi connectivity index (χ2n) is 6.21. The van der Waals surface area contributed by atoms with Crippen LogP contribution >= 0.6 is 0 Å². The third-order valence-electron chi connectivity index (χ3n) is 4.20. The first-order valence-corrected chi connectivity index (χ1v) is 8.13. The molecule has 6 heteroatoms. The van der Waals surface area contributed by atoms with Gasteiger partial charge in [-0.2, -0.15) is 5.10 Å². The molecule has 0 bridgehead atoms. The van der Waals surface area contributed by atoms with Crippen molar-refractivity contribution in [2.24, 2.45) is 5.92 Å². The number of nitrogens with one attached hydrogen (secondary N) is 2. The van der Waals surface area contributed by atoms with Crippen LogP contribution in [0.5, 0.6) is 0 Å². The largest absolute Gasteiger partial charge is 0.350 e. The molecule has 0 aromatic carbocycles. The van der Waals surface area contributed by atoms with E-state index >= 15 is 0 Å². The van der Waals surface area contributed by atoms with Crippen LogP contribution in [0.1, 0.15) is 34.7 Å². The Morgan fingerprint density at radius 2 is 2.39 bits per heavy atom. The molecular weight excluding hydrogens is 290 g/mol. The van der Waals surface area contributed by atoms with E-state index in [-0.39, 0.29) is 5.91 Å². The van der Waals surface area contributed by atoms with Crippen molar-refractivity contribution in [3.8, 4) is 0 Å². The van der Waals surface area contributed by atoms with E-state index in [1.807, 2.05) is 25.3 Å². The van der Waals surface area contributed by atoms with Crippen LogP contribution in [-0.2, 0) is 6.54 Å². The van der Waals surface area contributed by atoms with Gasteiger partial charge in [0.15, 0.2) is 0 Å². The van der Waals surface area contributed by atoms with E-state index in [0.717, 1.165) is 43.9 Å². The number of hydrogen-bond donors (Lipinski definition) is 2. The molecule has 1 amide bonds. The molecule has 6 nitrogen and oxygen atoms in total. The molecule has 0 radical (unpaired) electrons. The summed E-state index contributed by atoms with van der Waals surface area (Å²) in [4.78, 5) is 18.9. The lowest BCUT2D eigenvalue weighted by Gasteiger charge is -2.32. The number of H-pyrrole nitrogens is 1. The van der Waals surface area contributed by atoms with Gasteiger partial charge >= 0.3 is 0 Å². The van der Waals surface area contributed by atoms with Crippen molar-refractivity contribution < 1.29 is 4.79 Å². The summed E-state index contributed by atoms with van der Waals surface area (Å²) in [7, 11) is 0. The van der Waals surface area contributed by atoms with Crippen LogP contribution in [0.2, 0.25) is 0 Å². The molecule has 3 heterocycles. The average Bonchev–Trinajstić information content (AvgIpc) is 3.01. The number of aryl methyl sites for hydroxylation is 1. The van der Waals surface area contributed by atoms with Crippen LogP contribution < -0.4 is 5.32 Å². The number of aromatic nitrogens is 3. The highest BCUT2D eigenvalue weighted by Crippen LogP contribution is 2.17. The summed E-state index contributed by atoms with van der Waals surface area (Å²) in [6, 6.07) is 7.79. The number of piperidine rings is 1. The number of carbonyl (C=O) groups excluding carboxylic acids is 1. The summed E-state index contributed by atoms with van der Waals surface area (Å²) in [6.45, 7) is 5.56. The number of pyridine rings is 1. The zero-order chi connectivity index (χ0) is 16.1. The first-order valence-electron chi connectivity index (χ1n) is 8.13. The highest BCUT2D eigenvalue weighted by Gasteiger charge is 2.21. The van der Waals surface area contributed by atoms with Gasteiger partial charge in [0.25, 0.3) is 5.91 Å². The Morgan fingerprint density at radius 1 is 1.48 bits per heavy atom. The first kappa shape index (κ1) is 15.7. The van der Waals surface area contributed by atoms with E-state index in [9.17, 15) is 4.79 Å². The molecule has 0 aliphatic carbocycles. The minimum Gasteiger partial charge on any atom is -0.350 e. The molecule has 122 valence electrons. The van der Waals surface area contributed by atoms with Gasteiger partial charge < -0.3 is 5.32 Å². The predicted octanol–water partition coefficient (Wildman–Crippen LogP) is 1.76. The molecule has 1 aliphatic heterocycles. The monoisotopic (exact) mass is 313 g/mol. The lowest BCUT2D eigenvalue weighted by molar-refractivity contribution is 0.0925. The van der Waals surface area contributed by atoms with Crippen LogP contribution in [0.25, 0.3) is 0 Å². The Hall–Kier alpha value is -2.21. The number of rotatable bonds is 5. The van der Waals surface area contributed by atoms with Gasteiger partial charge in [0.1, 0.15) is 5.69 Å². The van der Waals surface area contributed by atoms with Gasteiger partial charge in [-0.3, -0.25) is 19.8 Å². The van der Waals surface area contributed by atoms with Gasteiger partial charge in [-0.05, 0) is 50.4 Å². The van der Waals surface area contributed by atoms with Crippen molar-refractivity contribution in [2.75, 3.05) is 19.6 Å². The molecule has 2 aromatic rings. The molecule has 0 spiro atoms. The van der Waals surface area contributed by atoms with E-state index in [1.54, 1.807) is 6.07 Å². The van der Waals surface area contributed by atoms with Crippen molar-refractivity contribution in [1.82, 2.24) is 25.4 Å². The van der Waals surface area contributed by atoms with Crippen molar-refractivity contribution in [3.05, 3.63) is 47.5 Å². The number of nitrogens with zero attached hydrogens (tertiary/aromatic N) is 3. The number of likely N-dealkylation sites (tertiary alicyclic amines) is 1. The maximum atomic E-state index is 12.1. The van der Waals surface area contributed by atoms with Gasteiger partial charge in [0.2, 0.25) is 0 Å². The van der Waals surface area contributed by atoms with Crippen molar-refractivity contribution in [3.63, 3.8) is 0 Å². The van der Waals surface area contributed by atoms with Gasteiger partial charge in [0, 0.05) is 31.5 Å². The zero-order valence-corrected chi connectivity index (χ0v) is 13.5. The topological polar surface area (TPSA) is 73.9 Å². The Morgan fingerprint density at radius 3 is 3.13 bits per heavy atom. The lowest BCUT2D eigenvalue weighted by atomic mass is 9.97. The molecule has 0 unspecified atom stereocenters. The molecule has 2 N–H and O–H groups in total. The molecule has 2 aromatic heterocycles. The van der Waals surface area contributed by atoms with Crippen LogP contribution in [0.15, 0.2) is 30.5 Å². The van der Waals surface area contributed by atoms with E-state index in [4.69, 9.17) is 0 Å². The van der Waals surface area contributed by atoms with E-state index in [2.05, 4.69) is 31.5 Å². The number of amides is 1. The van der Waals surface area contributed by atoms with Crippen molar-refractivity contribution in [1.29, 1.82) is 0 Å². The fourth-order valence-corrected chi connectivity index (χ4v) is 3.04. The standard InChI is InChI=1S/C17H23N5O/c1-13-9-16(21-20-13)17(23)19-10-14-5-4-8-22(11-14)12-15-6-2-3-7-18-15/h2-3,6-7,9,14H,4-5,8,10-12H2,1H3,(H,19,23)(H,20,21)/t14-/m1/s1. The maximum Gasteiger partial charge on any atom is 0.271 e. The third-order valence-corrected chi connectivity index (χ3v) is 4.20. The summed E-state index contributed by atoms with van der Waals surface area (Å²) in [5.74, 6) is 0.382. The van der Waals surface area contributed by atoms with Crippen molar-refractivity contribution in [2.45, 2.75) is 26.3 Å². The Kier molecular flexibility index (Phi) is 5.02. The van der Waals surface area contributed by atoms with Gasteiger partial charge in [-0.15, -0.1) is 0 Å². The van der Waals surface area contributed by atoms with Crippen molar-refractivity contribution >= 4 is 5.91 Å². The first-order chi connectivity index (χ1) is 11.2. The quantitative estimate of drug-likeness (QED) is 0.882. The summed E-state index contributed by atoms with van der Waals surface area (Å²) in [6.07, 6.45) is 4.15. The van der Waals surface area contributed by atoms with E-state index in [1.165, 1.54) is 0 Å². The fourth-order valence-electron chi connectivity index (χ4n) is 3.04. The van der Waals surface area contributed by atoms with E-state index < -0.39 is 0 Å². The number of hydrogen-bond acceptors (Lipinski definition) is 4.